The molecule has 0 bridgehead atoms. The summed E-state index contributed by atoms with van der Waals surface area (Å²) in [6, 6.07) is 10.1. The molecular weight excluding hydrogens is 462 g/mol. The Hall–Kier alpha value is -2.84. The Kier molecular flexibility index (Phi) is 11.5. The zero-order valence-corrected chi connectivity index (χ0v) is 22.6. The summed E-state index contributed by atoms with van der Waals surface area (Å²) in [7, 11) is 1.41. The van der Waals surface area contributed by atoms with Gasteiger partial charge >= 0.3 is 5.97 Å². The molecule has 2 unspecified atom stereocenters. The number of rotatable bonds is 12. The molecule has 0 heterocycles. The lowest BCUT2D eigenvalue weighted by Crippen LogP contribution is -2.32. The van der Waals surface area contributed by atoms with Crippen LogP contribution in [-0.2, 0) is 14.4 Å². The molecule has 1 aromatic carbocycles. The van der Waals surface area contributed by atoms with E-state index in [1.807, 2.05) is 48.6 Å². The van der Waals surface area contributed by atoms with Gasteiger partial charge in [-0.1, -0.05) is 79.3 Å². The highest BCUT2D eigenvalue weighted by Gasteiger charge is 2.37. The van der Waals surface area contributed by atoms with Crippen LogP contribution in [0.4, 0.5) is 0 Å². The number of carbonyl (C=O) groups excluding carboxylic acids is 1. The first-order chi connectivity index (χ1) is 17.9. The lowest BCUT2D eigenvalue weighted by atomic mass is 9.64. The van der Waals surface area contributed by atoms with Crippen molar-refractivity contribution in [2.75, 3.05) is 13.7 Å². The molecule has 0 radical (unpaired) electrons. The van der Waals surface area contributed by atoms with Gasteiger partial charge in [-0.15, -0.1) is 0 Å². The largest absolute Gasteiger partial charge is 0.469 e. The van der Waals surface area contributed by atoms with Crippen molar-refractivity contribution < 1.29 is 19.5 Å². The predicted octanol–water partition coefficient (Wildman–Crippen LogP) is 6.76. The van der Waals surface area contributed by atoms with E-state index < -0.39 is 6.10 Å². The first kappa shape index (κ1) is 28.7. The molecule has 0 amide bonds. The standard InChI is InChI=1S/C32H43NO4/c1-31(21-10-7-18-29(31)33-37-25-11-8-19-30(35)36-2)20-9-6-17-28(34)26-32(23-13-24-32)22-12-16-27-14-4-3-5-15-27/h3-6,9,14-15,17,20,28,34H,7-8,10-11,13,18-19,21-26H2,1-2H3/b17-6+,20-9+,33-29+. The molecule has 1 N–H and O–H groups in total. The molecule has 0 saturated heterocycles. The minimum absolute atomic E-state index is 0.137. The zero-order chi connectivity index (χ0) is 26.4. The number of hydrogen-bond donors (Lipinski definition) is 1. The van der Waals surface area contributed by atoms with Gasteiger partial charge in [0.2, 0.25) is 0 Å². The number of aliphatic hydroxyl groups excluding tert-OH is 1. The molecule has 2 fully saturated rings. The van der Waals surface area contributed by atoms with Gasteiger partial charge in [0.05, 0.1) is 18.9 Å². The van der Waals surface area contributed by atoms with E-state index in [-0.39, 0.29) is 16.8 Å². The smallest absolute Gasteiger partial charge is 0.305 e. The summed E-state index contributed by atoms with van der Waals surface area (Å²) in [5, 5.41) is 15.2. The molecule has 1 aromatic rings. The molecule has 2 saturated carbocycles. The number of unbranched alkanes of at least 4 members (excludes halogenated alkanes) is 1. The van der Waals surface area contributed by atoms with Crippen molar-refractivity contribution in [2.24, 2.45) is 16.0 Å². The van der Waals surface area contributed by atoms with Crippen LogP contribution in [0.3, 0.4) is 0 Å². The molecule has 0 aromatic heterocycles. The van der Waals surface area contributed by atoms with Crippen molar-refractivity contribution in [3.63, 3.8) is 0 Å². The Bertz CT molecular complexity index is 997. The minimum Gasteiger partial charge on any atom is -0.469 e. The molecule has 2 aliphatic carbocycles. The van der Waals surface area contributed by atoms with E-state index >= 15 is 0 Å². The highest BCUT2D eigenvalue weighted by molar-refractivity contribution is 5.91. The Morgan fingerprint density at radius 2 is 1.95 bits per heavy atom. The summed E-state index contributed by atoms with van der Waals surface area (Å²) >= 11 is 0. The van der Waals surface area contributed by atoms with Crippen molar-refractivity contribution in [3.05, 3.63) is 60.2 Å². The number of hydrogen-bond acceptors (Lipinski definition) is 5. The van der Waals surface area contributed by atoms with E-state index in [1.165, 1.54) is 13.5 Å². The molecule has 0 aliphatic heterocycles. The van der Waals surface area contributed by atoms with Crippen LogP contribution in [-0.4, -0.2) is 36.6 Å². The van der Waals surface area contributed by atoms with Gasteiger partial charge in [0.15, 0.2) is 0 Å². The van der Waals surface area contributed by atoms with Gasteiger partial charge in [0.1, 0.15) is 6.61 Å². The van der Waals surface area contributed by atoms with Gasteiger partial charge in [-0.3, -0.25) is 4.79 Å². The lowest BCUT2D eigenvalue weighted by Gasteiger charge is -2.41. The van der Waals surface area contributed by atoms with Crippen LogP contribution in [0.1, 0.15) is 89.5 Å². The van der Waals surface area contributed by atoms with Gasteiger partial charge in [-0.05, 0) is 68.9 Å². The Labute approximate surface area is 223 Å². The van der Waals surface area contributed by atoms with E-state index in [0.717, 1.165) is 75.5 Å². The lowest BCUT2D eigenvalue weighted by molar-refractivity contribution is -0.140. The molecular formula is C32H43NO4. The van der Waals surface area contributed by atoms with Crippen LogP contribution in [0.25, 0.3) is 0 Å². The summed E-state index contributed by atoms with van der Waals surface area (Å²) in [6.07, 6.45) is 18.9. The van der Waals surface area contributed by atoms with E-state index in [1.54, 1.807) is 0 Å². The van der Waals surface area contributed by atoms with Crippen molar-refractivity contribution in [2.45, 2.75) is 90.1 Å². The van der Waals surface area contributed by atoms with E-state index in [2.05, 4.69) is 34.7 Å². The Morgan fingerprint density at radius 3 is 2.68 bits per heavy atom. The number of oxime groups is 1. The second-order valence-corrected chi connectivity index (χ2v) is 10.7. The summed E-state index contributed by atoms with van der Waals surface area (Å²) < 4.78 is 4.66. The van der Waals surface area contributed by atoms with Gasteiger partial charge in [0, 0.05) is 23.8 Å². The topological polar surface area (TPSA) is 68.1 Å². The maximum atomic E-state index is 11.2. The fraction of sp³-hybridized carbons (Fsp3) is 0.562. The fourth-order valence-electron chi connectivity index (χ4n) is 5.16. The van der Waals surface area contributed by atoms with Crippen LogP contribution < -0.4 is 0 Å². The number of allylic oxidation sites excluding steroid dienone is 3. The number of methoxy groups -OCH3 is 1. The van der Waals surface area contributed by atoms with Crippen molar-refractivity contribution in [1.82, 2.24) is 0 Å². The monoisotopic (exact) mass is 505 g/mol. The first-order valence-corrected chi connectivity index (χ1v) is 13.8. The number of nitrogens with zero attached hydrogens (tertiary/aromatic N) is 1. The maximum absolute atomic E-state index is 11.2. The predicted molar refractivity (Wildman–Crippen MR) is 149 cm³/mol. The summed E-state index contributed by atoms with van der Waals surface area (Å²) in [5.41, 5.74) is 2.12. The van der Waals surface area contributed by atoms with Gasteiger partial charge < -0.3 is 14.7 Å². The van der Waals surface area contributed by atoms with Crippen molar-refractivity contribution in [3.8, 4) is 11.8 Å². The summed E-state index contributed by atoms with van der Waals surface area (Å²) in [5.74, 6) is 6.44. The van der Waals surface area contributed by atoms with Crippen LogP contribution in [0.15, 0.2) is 59.8 Å². The van der Waals surface area contributed by atoms with Crippen LogP contribution in [0.2, 0.25) is 0 Å². The van der Waals surface area contributed by atoms with Crippen LogP contribution in [0.5, 0.6) is 0 Å². The summed E-state index contributed by atoms with van der Waals surface area (Å²) in [6.45, 7) is 2.71. The second kappa shape index (κ2) is 14.8. The quantitative estimate of drug-likeness (QED) is 0.112. The number of aliphatic hydroxyl groups is 1. The molecule has 5 nitrogen and oxygen atoms in total. The third-order valence-corrected chi connectivity index (χ3v) is 7.72. The number of ether oxygens (including phenoxy) is 1. The molecule has 5 heteroatoms. The SMILES string of the molecule is COC(=O)CCCCO/N=C1\CCCCC1(C)/C=C/C=C/C(O)CC1(CC#Cc2ccccc2)CCC1. The van der Waals surface area contributed by atoms with Crippen LogP contribution >= 0.6 is 0 Å². The van der Waals surface area contributed by atoms with E-state index in [0.29, 0.717) is 13.0 Å². The third kappa shape index (κ3) is 9.52. The zero-order valence-electron chi connectivity index (χ0n) is 22.6. The summed E-state index contributed by atoms with van der Waals surface area (Å²) in [4.78, 5) is 16.8. The van der Waals surface area contributed by atoms with Crippen molar-refractivity contribution >= 4 is 11.7 Å². The molecule has 200 valence electrons. The van der Waals surface area contributed by atoms with E-state index in [9.17, 15) is 9.90 Å². The average molecular weight is 506 g/mol. The molecule has 0 spiro atoms. The molecule has 2 atom stereocenters. The molecule has 37 heavy (non-hydrogen) atoms. The molecule has 2 aliphatic rings. The van der Waals surface area contributed by atoms with Gasteiger partial charge in [-0.2, -0.15) is 0 Å². The van der Waals surface area contributed by atoms with E-state index in [4.69, 9.17) is 4.84 Å². The Balaban J connectivity index is 1.47. The second-order valence-electron chi connectivity index (χ2n) is 10.7. The van der Waals surface area contributed by atoms with Crippen molar-refractivity contribution in [1.29, 1.82) is 0 Å². The highest BCUT2D eigenvalue weighted by atomic mass is 16.6. The van der Waals surface area contributed by atoms with Gasteiger partial charge in [0.25, 0.3) is 0 Å². The number of benzene rings is 1. The average Bonchev–Trinajstić information content (AvgIpc) is 2.88. The highest BCUT2D eigenvalue weighted by Crippen LogP contribution is 2.47. The normalized spacial score (nSPS) is 22.8. The third-order valence-electron chi connectivity index (χ3n) is 7.72. The number of carbonyl (C=O) groups is 1. The van der Waals surface area contributed by atoms with Gasteiger partial charge in [-0.25, -0.2) is 0 Å². The minimum atomic E-state index is -0.468. The molecule has 3 rings (SSSR count). The fourth-order valence-corrected chi connectivity index (χ4v) is 5.16. The van der Waals surface area contributed by atoms with Crippen LogP contribution in [0, 0.1) is 22.7 Å². The maximum Gasteiger partial charge on any atom is 0.305 e. The number of esters is 1. The Morgan fingerprint density at radius 1 is 1.14 bits per heavy atom. The first-order valence-electron chi connectivity index (χ1n) is 13.8.